The van der Waals surface area contributed by atoms with Crippen molar-refractivity contribution in [2.24, 2.45) is 0 Å². The third-order valence-electron chi connectivity index (χ3n) is 3.74. The van der Waals surface area contributed by atoms with Gasteiger partial charge in [-0.3, -0.25) is 9.59 Å². The van der Waals surface area contributed by atoms with Crippen molar-refractivity contribution in [2.75, 3.05) is 0 Å². The highest BCUT2D eigenvalue weighted by Gasteiger charge is 2.17. The van der Waals surface area contributed by atoms with Crippen LogP contribution in [-0.2, 0) is 16.0 Å². The van der Waals surface area contributed by atoms with Crippen molar-refractivity contribution in [1.29, 1.82) is 0 Å². The summed E-state index contributed by atoms with van der Waals surface area (Å²) in [6.07, 6.45) is 5.11. The van der Waals surface area contributed by atoms with Crippen LogP contribution in [0.1, 0.15) is 18.4 Å². The zero-order valence-corrected chi connectivity index (χ0v) is 11.7. The van der Waals surface area contributed by atoms with Crippen LogP contribution in [0.3, 0.4) is 0 Å². The smallest absolute Gasteiger partial charge is 0.220 e. The lowest BCUT2D eigenvalue weighted by molar-refractivity contribution is -0.119. The van der Waals surface area contributed by atoms with Gasteiger partial charge in [0.05, 0.1) is 0 Å². The van der Waals surface area contributed by atoms with Crippen molar-refractivity contribution in [3.8, 4) is 0 Å². The number of carbonyl (C=O) groups excluding carboxylic acids is 2. The molecule has 0 bridgehead atoms. The van der Waals surface area contributed by atoms with Crippen molar-refractivity contribution in [3.63, 3.8) is 0 Å². The van der Waals surface area contributed by atoms with Crippen molar-refractivity contribution in [2.45, 2.75) is 25.3 Å². The summed E-state index contributed by atoms with van der Waals surface area (Å²) in [7, 11) is 0. The summed E-state index contributed by atoms with van der Waals surface area (Å²) in [5.41, 5.74) is 1.01. The Morgan fingerprint density at radius 2 is 2.00 bits per heavy atom. The maximum Gasteiger partial charge on any atom is 0.220 e. The lowest BCUT2D eigenvalue weighted by atomic mass is 10.0. The molecule has 1 amide bonds. The van der Waals surface area contributed by atoms with E-state index in [1.165, 1.54) is 5.39 Å². The maximum absolute atomic E-state index is 12.0. The molecule has 3 rings (SSSR count). The number of benzene rings is 2. The Balaban J connectivity index is 1.65. The number of nitrogens with one attached hydrogen (secondary N) is 1. The second-order valence-electron chi connectivity index (χ2n) is 5.40. The summed E-state index contributed by atoms with van der Waals surface area (Å²) in [4.78, 5) is 23.1. The third-order valence-corrected chi connectivity index (χ3v) is 3.74. The monoisotopic (exact) mass is 279 g/mol. The van der Waals surface area contributed by atoms with E-state index < -0.39 is 0 Å². The van der Waals surface area contributed by atoms with Crippen LogP contribution in [0.2, 0.25) is 0 Å². The van der Waals surface area contributed by atoms with E-state index in [4.69, 9.17) is 0 Å². The van der Waals surface area contributed by atoms with Crippen LogP contribution < -0.4 is 5.32 Å². The molecule has 0 radical (unpaired) electrons. The van der Waals surface area contributed by atoms with Crippen LogP contribution in [0, 0.1) is 0 Å². The molecule has 0 aliphatic carbocycles. The van der Waals surface area contributed by atoms with E-state index in [0.717, 1.165) is 17.4 Å². The van der Waals surface area contributed by atoms with Crippen molar-refractivity contribution in [3.05, 3.63) is 60.2 Å². The van der Waals surface area contributed by atoms with Gasteiger partial charge in [-0.15, -0.1) is 0 Å². The molecule has 1 aliphatic rings. The van der Waals surface area contributed by atoms with Crippen LogP contribution in [0.5, 0.6) is 0 Å². The van der Waals surface area contributed by atoms with Crippen molar-refractivity contribution in [1.82, 2.24) is 5.32 Å². The number of ketones is 1. The number of fused-ring (bicyclic) bond motifs is 1. The second kappa shape index (κ2) is 5.92. The molecule has 106 valence electrons. The summed E-state index contributed by atoms with van der Waals surface area (Å²) in [5, 5.41) is 5.15. The predicted molar refractivity (Wildman–Crippen MR) is 83.0 cm³/mol. The largest absolute Gasteiger partial charge is 0.350 e. The first-order valence-electron chi connectivity index (χ1n) is 7.19. The molecule has 0 spiro atoms. The zero-order chi connectivity index (χ0) is 14.7. The van der Waals surface area contributed by atoms with Gasteiger partial charge in [0.25, 0.3) is 0 Å². The van der Waals surface area contributed by atoms with Gasteiger partial charge in [-0.2, -0.15) is 0 Å². The standard InChI is InChI=1S/C18H17NO2/c20-17(9-7-16-8-10-18(21)19-16)12-13-5-6-14-3-1-2-4-15(14)11-13/h1-7,9,11,16H,8,10,12H2,(H,19,21)/t16-/m0/s1. The Hall–Kier alpha value is -2.42. The minimum absolute atomic E-state index is 0.0121. The van der Waals surface area contributed by atoms with Gasteiger partial charge in [-0.05, 0) is 28.8 Å². The highest BCUT2D eigenvalue weighted by Crippen LogP contribution is 2.16. The lowest BCUT2D eigenvalue weighted by Gasteiger charge is -2.03. The number of hydrogen-bond donors (Lipinski definition) is 1. The first-order chi connectivity index (χ1) is 10.2. The van der Waals surface area contributed by atoms with E-state index in [9.17, 15) is 9.59 Å². The summed E-state index contributed by atoms with van der Waals surface area (Å²) in [6.45, 7) is 0. The summed E-state index contributed by atoms with van der Waals surface area (Å²) < 4.78 is 0. The fraction of sp³-hybridized carbons (Fsp3) is 0.222. The Kier molecular flexibility index (Phi) is 3.82. The van der Waals surface area contributed by atoms with Crippen LogP contribution in [0.4, 0.5) is 0 Å². The van der Waals surface area contributed by atoms with E-state index in [-0.39, 0.29) is 17.7 Å². The van der Waals surface area contributed by atoms with E-state index in [2.05, 4.69) is 17.4 Å². The van der Waals surface area contributed by atoms with Gasteiger partial charge in [0.15, 0.2) is 5.78 Å². The molecule has 1 aliphatic heterocycles. The third kappa shape index (κ3) is 3.37. The molecule has 21 heavy (non-hydrogen) atoms. The molecule has 0 unspecified atom stereocenters. The average molecular weight is 279 g/mol. The van der Waals surface area contributed by atoms with Crippen LogP contribution in [0.15, 0.2) is 54.6 Å². The number of rotatable bonds is 4. The molecule has 1 heterocycles. The summed E-state index contributed by atoms with van der Waals surface area (Å²) >= 11 is 0. The minimum Gasteiger partial charge on any atom is -0.350 e. The molecule has 2 aromatic carbocycles. The topological polar surface area (TPSA) is 46.2 Å². The van der Waals surface area contributed by atoms with Gasteiger partial charge in [0, 0.05) is 18.9 Å². The van der Waals surface area contributed by atoms with Crippen molar-refractivity contribution >= 4 is 22.5 Å². The number of amides is 1. The van der Waals surface area contributed by atoms with E-state index in [0.29, 0.717) is 12.8 Å². The minimum atomic E-state index is 0.0121. The summed E-state index contributed by atoms with van der Waals surface area (Å²) in [5.74, 6) is 0.123. The summed E-state index contributed by atoms with van der Waals surface area (Å²) in [6, 6.07) is 14.2. The van der Waals surface area contributed by atoms with Gasteiger partial charge in [0.1, 0.15) is 0 Å². The first kappa shape index (κ1) is 13.6. The Bertz CT molecular complexity index is 718. The van der Waals surface area contributed by atoms with Gasteiger partial charge in [-0.1, -0.05) is 48.5 Å². The maximum atomic E-state index is 12.0. The van der Waals surface area contributed by atoms with Gasteiger partial charge in [-0.25, -0.2) is 0 Å². The van der Waals surface area contributed by atoms with Gasteiger partial charge >= 0.3 is 0 Å². The second-order valence-corrected chi connectivity index (χ2v) is 5.40. The zero-order valence-electron chi connectivity index (χ0n) is 11.7. The first-order valence-corrected chi connectivity index (χ1v) is 7.19. The van der Waals surface area contributed by atoms with E-state index >= 15 is 0 Å². The Morgan fingerprint density at radius 1 is 1.19 bits per heavy atom. The molecule has 0 aromatic heterocycles. The molecule has 2 aromatic rings. The highest BCUT2D eigenvalue weighted by atomic mass is 16.2. The number of hydrogen-bond acceptors (Lipinski definition) is 2. The van der Waals surface area contributed by atoms with E-state index in [1.807, 2.05) is 30.3 Å². The molecule has 1 atom stereocenters. The molecule has 3 nitrogen and oxygen atoms in total. The normalized spacial score (nSPS) is 18.3. The quantitative estimate of drug-likeness (QED) is 0.875. The molecule has 1 saturated heterocycles. The molecular weight excluding hydrogens is 262 g/mol. The van der Waals surface area contributed by atoms with Crippen LogP contribution in [0.25, 0.3) is 10.8 Å². The Morgan fingerprint density at radius 3 is 2.76 bits per heavy atom. The van der Waals surface area contributed by atoms with Crippen molar-refractivity contribution < 1.29 is 9.59 Å². The number of carbonyl (C=O) groups is 2. The number of allylic oxidation sites excluding steroid dienone is 1. The molecular formula is C18H17NO2. The van der Waals surface area contributed by atoms with E-state index in [1.54, 1.807) is 12.2 Å². The van der Waals surface area contributed by atoms with Crippen LogP contribution in [-0.4, -0.2) is 17.7 Å². The van der Waals surface area contributed by atoms with Crippen LogP contribution >= 0.6 is 0 Å². The van der Waals surface area contributed by atoms with Gasteiger partial charge < -0.3 is 5.32 Å². The molecule has 1 N–H and O–H groups in total. The lowest BCUT2D eigenvalue weighted by Crippen LogP contribution is -2.23. The average Bonchev–Trinajstić information content (AvgIpc) is 2.91. The fourth-order valence-corrected chi connectivity index (χ4v) is 2.61. The van der Waals surface area contributed by atoms with Gasteiger partial charge in [0.2, 0.25) is 5.91 Å². The molecule has 1 fully saturated rings. The molecule has 3 heteroatoms. The Labute approximate surface area is 123 Å². The SMILES string of the molecule is O=C(C=C[C@H]1CCC(=O)N1)Cc1ccc2ccccc2c1. The highest BCUT2D eigenvalue weighted by molar-refractivity contribution is 5.93. The molecule has 0 saturated carbocycles. The fourth-order valence-electron chi connectivity index (χ4n) is 2.61. The predicted octanol–water partition coefficient (Wildman–Crippen LogP) is 2.79.